The second-order valence-corrected chi connectivity index (χ2v) is 3.91. The van der Waals surface area contributed by atoms with Crippen molar-refractivity contribution in [1.82, 2.24) is 15.1 Å². The number of carbonyl (C=O) groups is 1. The third kappa shape index (κ3) is 4.73. The summed E-state index contributed by atoms with van der Waals surface area (Å²) in [6.07, 6.45) is 0.236. The molecule has 2 N–H and O–H groups in total. The lowest BCUT2D eigenvalue weighted by Crippen LogP contribution is -2.48. The highest BCUT2D eigenvalue weighted by atomic mass is 35.5. The minimum Gasteiger partial charge on any atom is -0.378 e. The molecule has 1 fully saturated rings. The highest BCUT2D eigenvalue weighted by Crippen LogP contribution is 2.08. The molecule has 0 radical (unpaired) electrons. The number of alkyl halides is 2. The van der Waals surface area contributed by atoms with Crippen molar-refractivity contribution >= 4 is 24.0 Å². The maximum Gasteiger partial charge on any atom is 0.257 e. The van der Waals surface area contributed by atoms with Gasteiger partial charge in [-0.15, -0.1) is 12.4 Å². The Kier molecular flexibility index (Phi) is 6.13. The van der Waals surface area contributed by atoms with Crippen LogP contribution < -0.4 is 10.6 Å². The van der Waals surface area contributed by atoms with Gasteiger partial charge in [0.25, 0.3) is 6.43 Å². The van der Waals surface area contributed by atoms with Gasteiger partial charge in [0.2, 0.25) is 5.91 Å². The van der Waals surface area contributed by atoms with Crippen molar-refractivity contribution in [3.8, 4) is 0 Å². The Morgan fingerprint density at radius 2 is 2.47 bits per heavy atom. The van der Waals surface area contributed by atoms with Crippen molar-refractivity contribution in [2.75, 3.05) is 25.1 Å². The van der Waals surface area contributed by atoms with Crippen molar-refractivity contribution in [2.45, 2.75) is 19.0 Å². The Labute approximate surface area is 114 Å². The predicted molar refractivity (Wildman–Crippen MR) is 66.7 cm³/mol. The average Bonchev–Trinajstić information content (AvgIpc) is 2.76. The largest absolute Gasteiger partial charge is 0.378 e. The molecule has 0 saturated carbocycles. The molecule has 1 saturated heterocycles. The number of ether oxygens (including phenoxy) is 1. The lowest BCUT2D eigenvalue weighted by Gasteiger charge is -2.22. The first-order chi connectivity index (χ1) is 8.65. The molecule has 1 aromatic rings. The number of anilines is 1. The van der Waals surface area contributed by atoms with Gasteiger partial charge in [0.05, 0.1) is 25.1 Å². The van der Waals surface area contributed by atoms with Gasteiger partial charge in [0.1, 0.15) is 12.6 Å². The van der Waals surface area contributed by atoms with Gasteiger partial charge >= 0.3 is 0 Å². The fourth-order valence-corrected chi connectivity index (χ4v) is 1.63. The second kappa shape index (κ2) is 7.37. The highest BCUT2D eigenvalue weighted by Gasteiger charge is 2.21. The van der Waals surface area contributed by atoms with Crippen molar-refractivity contribution in [3.63, 3.8) is 0 Å². The maximum absolute atomic E-state index is 12.1. The molecular weight excluding hydrogens is 282 g/mol. The van der Waals surface area contributed by atoms with E-state index < -0.39 is 19.0 Å². The van der Waals surface area contributed by atoms with Crippen LogP contribution in [0.3, 0.4) is 0 Å². The van der Waals surface area contributed by atoms with E-state index in [0.29, 0.717) is 25.4 Å². The van der Waals surface area contributed by atoms with Gasteiger partial charge in [-0.3, -0.25) is 9.48 Å². The van der Waals surface area contributed by atoms with E-state index in [4.69, 9.17) is 4.74 Å². The molecule has 1 aromatic heterocycles. The van der Waals surface area contributed by atoms with Crippen LogP contribution in [-0.4, -0.2) is 47.9 Å². The van der Waals surface area contributed by atoms with Gasteiger partial charge < -0.3 is 15.4 Å². The lowest BCUT2D eigenvalue weighted by molar-refractivity contribution is -0.120. The zero-order valence-electron chi connectivity index (χ0n) is 10.0. The number of aromatic nitrogens is 2. The summed E-state index contributed by atoms with van der Waals surface area (Å²) in [6.45, 7) is 1.01. The molecule has 9 heteroatoms. The molecule has 0 aromatic carbocycles. The zero-order valence-corrected chi connectivity index (χ0v) is 10.8. The molecule has 0 aliphatic carbocycles. The topological polar surface area (TPSA) is 68.2 Å². The quantitative estimate of drug-likeness (QED) is 0.849. The third-order valence-corrected chi connectivity index (χ3v) is 2.46. The van der Waals surface area contributed by atoms with Crippen LogP contribution in [0.2, 0.25) is 0 Å². The molecule has 2 heterocycles. The summed E-state index contributed by atoms with van der Waals surface area (Å²) in [5.41, 5.74) is 0.396. The molecule has 6 nitrogen and oxygen atoms in total. The van der Waals surface area contributed by atoms with Crippen LogP contribution >= 0.6 is 12.4 Å². The normalized spacial score (nSPS) is 19.0. The molecule has 2 rings (SSSR count). The smallest absolute Gasteiger partial charge is 0.257 e. The number of carbonyl (C=O) groups excluding carboxylic acids is 1. The van der Waals surface area contributed by atoms with Gasteiger partial charge in [0.15, 0.2) is 0 Å². The summed E-state index contributed by atoms with van der Waals surface area (Å²) in [4.78, 5) is 11.8. The number of morpholine rings is 1. The van der Waals surface area contributed by atoms with Crippen molar-refractivity contribution < 1.29 is 18.3 Å². The summed E-state index contributed by atoms with van der Waals surface area (Å²) in [5.74, 6) is -0.258. The first-order valence-electron chi connectivity index (χ1n) is 5.58. The Morgan fingerprint density at radius 1 is 1.68 bits per heavy atom. The Morgan fingerprint density at radius 3 is 3.11 bits per heavy atom. The second-order valence-electron chi connectivity index (χ2n) is 3.91. The number of amides is 1. The molecule has 0 spiro atoms. The number of halogens is 3. The van der Waals surface area contributed by atoms with E-state index in [1.807, 2.05) is 0 Å². The Hall–Kier alpha value is -1.25. The van der Waals surface area contributed by atoms with Crippen LogP contribution in [-0.2, 0) is 16.1 Å². The molecule has 1 aliphatic heterocycles. The SMILES string of the molecule is Cl.O=C(Nc1cnn(CC(F)F)c1)C1COCCN1. The van der Waals surface area contributed by atoms with Crippen LogP contribution in [0.15, 0.2) is 12.4 Å². The summed E-state index contributed by atoms with van der Waals surface area (Å²) < 4.78 is 30.5. The van der Waals surface area contributed by atoms with Crippen LogP contribution in [0.5, 0.6) is 0 Å². The van der Waals surface area contributed by atoms with Crippen molar-refractivity contribution in [2.24, 2.45) is 0 Å². The average molecular weight is 297 g/mol. The van der Waals surface area contributed by atoms with Gasteiger partial charge in [-0.1, -0.05) is 0 Å². The molecule has 19 heavy (non-hydrogen) atoms. The lowest BCUT2D eigenvalue weighted by atomic mass is 10.2. The van der Waals surface area contributed by atoms with E-state index in [-0.39, 0.29) is 18.3 Å². The van der Waals surface area contributed by atoms with E-state index in [2.05, 4.69) is 15.7 Å². The van der Waals surface area contributed by atoms with Gasteiger partial charge in [-0.25, -0.2) is 8.78 Å². The van der Waals surface area contributed by atoms with E-state index in [1.54, 1.807) is 0 Å². The number of nitrogens with one attached hydrogen (secondary N) is 2. The monoisotopic (exact) mass is 296 g/mol. The molecule has 0 bridgehead atoms. The predicted octanol–water partition coefficient (Wildman–Crippen LogP) is 0.497. The number of hydrogen-bond acceptors (Lipinski definition) is 4. The first kappa shape index (κ1) is 15.8. The van der Waals surface area contributed by atoms with Crippen molar-refractivity contribution in [1.29, 1.82) is 0 Å². The van der Waals surface area contributed by atoms with E-state index in [1.165, 1.54) is 12.4 Å². The standard InChI is InChI=1S/C10H14F2N4O2.ClH/c11-9(12)5-16-4-7(3-14-16)15-10(17)8-6-18-2-1-13-8;/h3-4,8-9,13H,1-2,5-6H2,(H,15,17);1H. The molecular formula is C10H15ClF2N4O2. The fourth-order valence-electron chi connectivity index (χ4n) is 1.63. The van der Waals surface area contributed by atoms with E-state index >= 15 is 0 Å². The minimum atomic E-state index is -2.47. The van der Waals surface area contributed by atoms with Crippen LogP contribution in [0.4, 0.5) is 14.5 Å². The van der Waals surface area contributed by atoms with Gasteiger partial charge in [0, 0.05) is 12.7 Å². The minimum absolute atomic E-state index is 0. The van der Waals surface area contributed by atoms with Crippen molar-refractivity contribution in [3.05, 3.63) is 12.4 Å². The van der Waals surface area contributed by atoms with Crippen LogP contribution in [0.25, 0.3) is 0 Å². The molecule has 1 atom stereocenters. The van der Waals surface area contributed by atoms with E-state index in [0.717, 1.165) is 4.68 Å². The molecule has 1 amide bonds. The van der Waals surface area contributed by atoms with Gasteiger partial charge in [-0.05, 0) is 0 Å². The third-order valence-electron chi connectivity index (χ3n) is 2.46. The zero-order chi connectivity index (χ0) is 13.0. The summed E-state index contributed by atoms with van der Waals surface area (Å²) >= 11 is 0. The summed E-state index contributed by atoms with van der Waals surface area (Å²) in [7, 11) is 0. The molecule has 108 valence electrons. The highest BCUT2D eigenvalue weighted by molar-refractivity contribution is 5.94. The van der Waals surface area contributed by atoms with Crippen LogP contribution in [0, 0.1) is 0 Å². The summed E-state index contributed by atoms with van der Waals surface area (Å²) in [5, 5.41) is 9.31. The number of rotatable bonds is 4. The molecule has 1 aliphatic rings. The Balaban J connectivity index is 0.00000180. The molecule has 1 unspecified atom stereocenters. The maximum atomic E-state index is 12.1. The van der Waals surface area contributed by atoms with E-state index in [9.17, 15) is 13.6 Å². The fraction of sp³-hybridized carbons (Fsp3) is 0.600. The van der Waals surface area contributed by atoms with Crippen LogP contribution in [0.1, 0.15) is 0 Å². The Bertz CT molecular complexity index is 410. The number of nitrogens with zero attached hydrogens (tertiary/aromatic N) is 2. The number of hydrogen-bond donors (Lipinski definition) is 2. The van der Waals surface area contributed by atoms with Gasteiger partial charge in [-0.2, -0.15) is 5.10 Å². The first-order valence-corrected chi connectivity index (χ1v) is 5.58. The summed E-state index contributed by atoms with van der Waals surface area (Å²) in [6, 6.07) is -0.419.